The average Bonchev–Trinajstić information content (AvgIpc) is 2.02. The highest BCUT2D eigenvalue weighted by molar-refractivity contribution is 4.68. The lowest BCUT2D eigenvalue weighted by Crippen LogP contribution is -2.35. The van der Waals surface area contributed by atoms with Crippen LogP contribution in [0.25, 0.3) is 0 Å². The molecule has 0 rings (SSSR count). The van der Waals surface area contributed by atoms with E-state index in [-0.39, 0.29) is 6.54 Å². The highest BCUT2D eigenvalue weighted by atomic mass is 19.3. The van der Waals surface area contributed by atoms with Crippen LogP contribution in [0.1, 0.15) is 39.5 Å². The van der Waals surface area contributed by atoms with Crippen molar-refractivity contribution >= 4 is 0 Å². The molecule has 0 aliphatic rings. The Morgan fingerprint density at radius 1 is 1.08 bits per heavy atom. The molecule has 0 saturated heterocycles. The molecule has 0 heterocycles. The van der Waals surface area contributed by atoms with Gasteiger partial charge in [-0.15, -0.1) is 0 Å². The SMILES string of the molecule is CCCC(CCC)N(C)CC(F)F. The summed E-state index contributed by atoms with van der Waals surface area (Å²) in [6, 6.07) is 0.337. The normalized spacial score (nSPS) is 12.0. The van der Waals surface area contributed by atoms with E-state index in [2.05, 4.69) is 13.8 Å². The lowest BCUT2D eigenvalue weighted by molar-refractivity contribution is 0.0758. The third-order valence-corrected chi connectivity index (χ3v) is 2.29. The second-order valence-corrected chi connectivity index (χ2v) is 3.56. The molecule has 0 spiro atoms. The van der Waals surface area contributed by atoms with Crippen LogP contribution >= 0.6 is 0 Å². The van der Waals surface area contributed by atoms with Gasteiger partial charge in [-0.05, 0) is 19.9 Å². The Morgan fingerprint density at radius 2 is 1.54 bits per heavy atom. The van der Waals surface area contributed by atoms with E-state index in [1.807, 2.05) is 0 Å². The van der Waals surface area contributed by atoms with Gasteiger partial charge in [-0.1, -0.05) is 26.7 Å². The van der Waals surface area contributed by atoms with Crippen molar-refractivity contribution in [2.24, 2.45) is 0 Å². The zero-order valence-electron chi connectivity index (χ0n) is 8.89. The third-order valence-electron chi connectivity index (χ3n) is 2.29. The maximum Gasteiger partial charge on any atom is 0.251 e. The molecule has 80 valence electrons. The number of nitrogens with zero attached hydrogens (tertiary/aromatic N) is 1. The summed E-state index contributed by atoms with van der Waals surface area (Å²) in [7, 11) is 1.79. The van der Waals surface area contributed by atoms with Gasteiger partial charge in [0.25, 0.3) is 6.43 Å². The van der Waals surface area contributed by atoms with Gasteiger partial charge >= 0.3 is 0 Å². The highest BCUT2D eigenvalue weighted by Crippen LogP contribution is 2.12. The van der Waals surface area contributed by atoms with Crippen molar-refractivity contribution in [1.29, 1.82) is 0 Å². The fourth-order valence-electron chi connectivity index (χ4n) is 1.62. The Labute approximate surface area is 80.1 Å². The molecule has 0 radical (unpaired) electrons. The van der Waals surface area contributed by atoms with Crippen molar-refractivity contribution in [3.63, 3.8) is 0 Å². The van der Waals surface area contributed by atoms with Crippen LogP contribution in [-0.2, 0) is 0 Å². The van der Waals surface area contributed by atoms with Gasteiger partial charge in [-0.2, -0.15) is 0 Å². The second-order valence-electron chi connectivity index (χ2n) is 3.56. The molecule has 0 aromatic rings. The Morgan fingerprint density at radius 3 is 1.85 bits per heavy atom. The van der Waals surface area contributed by atoms with E-state index in [0.717, 1.165) is 25.7 Å². The molecule has 0 N–H and O–H groups in total. The summed E-state index contributed by atoms with van der Waals surface area (Å²) in [5.41, 5.74) is 0. The van der Waals surface area contributed by atoms with Crippen LogP contribution in [0.2, 0.25) is 0 Å². The molecule has 0 fully saturated rings. The van der Waals surface area contributed by atoms with Crippen LogP contribution in [0.3, 0.4) is 0 Å². The summed E-state index contributed by atoms with van der Waals surface area (Å²) in [6.07, 6.45) is 1.98. The predicted molar refractivity (Wildman–Crippen MR) is 52.2 cm³/mol. The summed E-state index contributed by atoms with van der Waals surface area (Å²) in [5.74, 6) is 0. The highest BCUT2D eigenvalue weighted by Gasteiger charge is 2.16. The molecule has 0 aromatic carbocycles. The Kier molecular flexibility index (Phi) is 7.14. The quantitative estimate of drug-likeness (QED) is 0.600. The Bertz CT molecular complexity index is 111. The summed E-state index contributed by atoms with van der Waals surface area (Å²) in [4.78, 5) is 1.79. The molecule has 1 nitrogen and oxygen atoms in total. The van der Waals surface area contributed by atoms with E-state index >= 15 is 0 Å². The number of hydrogen-bond donors (Lipinski definition) is 0. The summed E-state index contributed by atoms with van der Waals surface area (Å²) >= 11 is 0. The standard InChI is InChI=1S/C10H21F2N/c1-4-6-9(7-5-2)13(3)8-10(11)12/h9-10H,4-8H2,1-3H3. The molecular formula is C10H21F2N. The first-order valence-corrected chi connectivity index (χ1v) is 5.10. The number of halogens is 2. The minimum atomic E-state index is -2.21. The van der Waals surface area contributed by atoms with Gasteiger partial charge < -0.3 is 0 Å². The second kappa shape index (κ2) is 7.25. The fourth-order valence-corrected chi connectivity index (χ4v) is 1.62. The molecule has 0 aromatic heterocycles. The van der Waals surface area contributed by atoms with Crippen LogP contribution in [0.4, 0.5) is 8.78 Å². The molecule has 0 amide bonds. The van der Waals surface area contributed by atoms with Gasteiger partial charge in [0.15, 0.2) is 0 Å². The molecular weight excluding hydrogens is 172 g/mol. The van der Waals surface area contributed by atoms with Crippen molar-refractivity contribution in [3.05, 3.63) is 0 Å². The van der Waals surface area contributed by atoms with Gasteiger partial charge in [0.2, 0.25) is 0 Å². The predicted octanol–water partition coefficient (Wildman–Crippen LogP) is 3.15. The zero-order chi connectivity index (χ0) is 10.3. The maximum absolute atomic E-state index is 12.1. The van der Waals surface area contributed by atoms with Crippen LogP contribution in [0.5, 0.6) is 0 Å². The van der Waals surface area contributed by atoms with Crippen LogP contribution in [0.15, 0.2) is 0 Å². The smallest absolute Gasteiger partial charge is 0.251 e. The monoisotopic (exact) mass is 193 g/mol. The summed E-state index contributed by atoms with van der Waals surface area (Å²) < 4.78 is 24.2. The van der Waals surface area contributed by atoms with E-state index in [1.165, 1.54) is 0 Å². The van der Waals surface area contributed by atoms with Crippen LogP contribution in [0, 0.1) is 0 Å². The summed E-state index contributed by atoms with van der Waals surface area (Å²) in [5, 5.41) is 0. The average molecular weight is 193 g/mol. The summed E-state index contributed by atoms with van der Waals surface area (Å²) in [6.45, 7) is 4.10. The van der Waals surface area contributed by atoms with Gasteiger partial charge in [0.05, 0.1) is 6.54 Å². The lowest BCUT2D eigenvalue weighted by Gasteiger charge is -2.27. The molecule has 0 bridgehead atoms. The molecule has 3 heteroatoms. The number of hydrogen-bond acceptors (Lipinski definition) is 1. The first-order valence-electron chi connectivity index (χ1n) is 5.10. The molecule has 0 saturated carbocycles. The van der Waals surface area contributed by atoms with Crippen molar-refractivity contribution in [1.82, 2.24) is 4.90 Å². The largest absolute Gasteiger partial charge is 0.298 e. The molecule has 13 heavy (non-hydrogen) atoms. The zero-order valence-corrected chi connectivity index (χ0v) is 8.89. The topological polar surface area (TPSA) is 3.24 Å². The first kappa shape index (κ1) is 12.8. The fraction of sp³-hybridized carbons (Fsp3) is 1.00. The van der Waals surface area contributed by atoms with Crippen molar-refractivity contribution < 1.29 is 8.78 Å². The van der Waals surface area contributed by atoms with Gasteiger partial charge in [0, 0.05) is 6.04 Å². The Hall–Kier alpha value is -0.180. The van der Waals surface area contributed by atoms with Gasteiger partial charge in [0.1, 0.15) is 0 Å². The van der Waals surface area contributed by atoms with Crippen LogP contribution in [-0.4, -0.2) is 31.0 Å². The number of rotatable bonds is 7. The molecule has 0 aliphatic heterocycles. The Balaban J connectivity index is 3.86. The third kappa shape index (κ3) is 5.97. The molecule has 0 atom stereocenters. The van der Waals surface area contributed by atoms with Crippen LogP contribution < -0.4 is 0 Å². The van der Waals surface area contributed by atoms with Crippen molar-refractivity contribution in [2.75, 3.05) is 13.6 Å². The van der Waals surface area contributed by atoms with E-state index < -0.39 is 6.43 Å². The first-order chi connectivity index (χ1) is 6.11. The lowest BCUT2D eigenvalue weighted by atomic mass is 10.1. The van der Waals surface area contributed by atoms with Crippen molar-refractivity contribution in [2.45, 2.75) is 52.0 Å². The van der Waals surface area contributed by atoms with E-state index in [0.29, 0.717) is 6.04 Å². The van der Waals surface area contributed by atoms with E-state index in [1.54, 1.807) is 11.9 Å². The van der Waals surface area contributed by atoms with Gasteiger partial charge in [-0.3, -0.25) is 4.90 Å². The molecule has 0 unspecified atom stereocenters. The van der Waals surface area contributed by atoms with E-state index in [9.17, 15) is 8.78 Å². The molecule has 0 aliphatic carbocycles. The van der Waals surface area contributed by atoms with Crippen molar-refractivity contribution in [3.8, 4) is 0 Å². The van der Waals surface area contributed by atoms with Gasteiger partial charge in [-0.25, -0.2) is 8.78 Å². The number of alkyl halides is 2. The minimum Gasteiger partial charge on any atom is -0.298 e. The maximum atomic E-state index is 12.1. The van der Waals surface area contributed by atoms with E-state index in [4.69, 9.17) is 0 Å². The minimum absolute atomic E-state index is 0.0926.